The van der Waals surface area contributed by atoms with Crippen molar-refractivity contribution in [3.63, 3.8) is 0 Å². The van der Waals surface area contributed by atoms with E-state index in [1.807, 2.05) is 61.5 Å². The molecule has 136 valence electrons. The van der Waals surface area contributed by atoms with Gasteiger partial charge in [-0.05, 0) is 24.6 Å². The van der Waals surface area contributed by atoms with Gasteiger partial charge >= 0.3 is 6.01 Å². The molecular formula is C24H18N2O2. The minimum Gasteiger partial charge on any atom is -0.424 e. The lowest BCUT2D eigenvalue weighted by molar-refractivity contribution is 0.103. The SMILES string of the molecule is Cc1ccc(-c2cnc(Oc3ccccc3C(=O)c3ccccc3)nc2)cc1. The van der Waals surface area contributed by atoms with Gasteiger partial charge in [0.15, 0.2) is 5.78 Å². The molecule has 1 heterocycles. The third kappa shape index (κ3) is 3.81. The Morgan fingerprint density at radius 2 is 1.39 bits per heavy atom. The molecule has 4 aromatic rings. The first-order valence-electron chi connectivity index (χ1n) is 8.96. The van der Waals surface area contributed by atoms with E-state index in [0.29, 0.717) is 16.9 Å². The van der Waals surface area contributed by atoms with Crippen molar-refractivity contribution in [1.82, 2.24) is 9.97 Å². The van der Waals surface area contributed by atoms with Crippen molar-refractivity contribution >= 4 is 5.78 Å². The number of carbonyl (C=O) groups is 1. The molecule has 0 saturated carbocycles. The van der Waals surface area contributed by atoms with Crippen LogP contribution in [0.1, 0.15) is 21.5 Å². The summed E-state index contributed by atoms with van der Waals surface area (Å²) in [4.78, 5) is 21.4. The van der Waals surface area contributed by atoms with Crippen molar-refractivity contribution in [3.8, 4) is 22.9 Å². The Balaban J connectivity index is 1.58. The van der Waals surface area contributed by atoms with Crippen LogP contribution in [0.15, 0.2) is 91.3 Å². The van der Waals surface area contributed by atoms with E-state index in [2.05, 4.69) is 9.97 Å². The Morgan fingerprint density at radius 1 is 0.750 bits per heavy atom. The molecule has 28 heavy (non-hydrogen) atoms. The molecule has 0 amide bonds. The number of para-hydroxylation sites is 1. The Bertz CT molecular complexity index is 1090. The summed E-state index contributed by atoms with van der Waals surface area (Å²) >= 11 is 0. The van der Waals surface area contributed by atoms with E-state index in [9.17, 15) is 4.79 Å². The Kier molecular flexibility index (Phi) is 4.93. The van der Waals surface area contributed by atoms with E-state index in [0.717, 1.165) is 11.1 Å². The Morgan fingerprint density at radius 3 is 2.11 bits per heavy atom. The highest BCUT2D eigenvalue weighted by Crippen LogP contribution is 2.26. The third-order valence-corrected chi connectivity index (χ3v) is 4.38. The van der Waals surface area contributed by atoms with Crippen LogP contribution >= 0.6 is 0 Å². The number of hydrogen-bond donors (Lipinski definition) is 0. The number of aryl methyl sites for hydroxylation is 1. The van der Waals surface area contributed by atoms with Crippen LogP contribution in [0.5, 0.6) is 11.8 Å². The van der Waals surface area contributed by atoms with Gasteiger partial charge in [-0.3, -0.25) is 4.79 Å². The maximum absolute atomic E-state index is 12.8. The quantitative estimate of drug-likeness (QED) is 0.439. The molecule has 1 aromatic heterocycles. The summed E-state index contributed by atoms with van der Waals surface area (Å²) in [5.41, 5.74) is 4.22. The van der Waals surface area contributed by atoms with Gasteiger partial charge in [-0.2, -0.15) is 0 Å². The summed E-state index contributed by atoms with van der Waals surface area (Å²) < 4.78 is 5.82. The maximum atomic E-state index is 12.8. The third-order valence-electron chi connectivity index (χ3n) is 4.38. The van der Waals surface area contributed by atoms with E-state index >= 15 is 0 Å². The number of carbonyl (C=O) groups excluding carboxylic acids is 1. The molecule has 4 heteroatoms. The first-order valence-corrected chi connectivity index (χ1v) is 8.96. The summed E-state index contributed by atoms with van der Waals surface area (Å²) in [6, 6.07) is 24.6. The van der Waals surface area contributed by atoms with E-state index in [1.54, 1.807) is 36.7 Å². The van der Waals surface area contributed by atoms with Crippen LogP contribution in [-0.2, 0) is 0 Å². The number of hydrogen-bond acceptors (Lipinski definition) is 4. The predicted molar refractivity (Wildman–Crippen MR) is 109 cm³/mol. The van der Waals surface area contributed by atoms with Crippen LogP contribution in [0, 0.1) is 6.92 Å². The van der Waals surface area contributed by atoms with Crippen LogP contribution in [0.4, 0.5) is 0 Å². The van der Waals surface area contributed by atoms with Crippen LogP contribution in [0.3, 0.4) is 0 Å². The monoisotopic (exact) mass is 366 g/mol. The lowest BCUT2D eigenvalue weighted by Crippen LogP contribution is -2.04. The summed E-state index contributed by atoms with van der Waals surface area (Å²) in [6.45, 7) is 2.05. The number of ether oxygens (including phenoxy) is 1. The molecule has 0 unspecified atom stereocenters. The molecule has 0 aliphatic rings. The second-order valence-electron chi connectivity index (χ2n) is 6.41. The van der Waals surface area contributed by atoms with E-state index in [1.165, 1.54) is 5.56 Å². The number of rotatable bonds is 5. The molecule has 4 rings (SSSR count). The fraction of sp³-hybridized carbons (Fsp3) is 0.0417. The van der Waals surface area contributed by atoms with Crippen molar-refractivity contribution in [2.75, 3.05) is 0 Å². The van der Waals surface area contributed by atoms with Gasteiger partial charge in [0, 0.05) is 23.5 Å². The highest BCUT2D eigenvalue weighted by Gasteiger charge is 2.15. The molecule has 0 N–H and O–H groups in total. The number of ketones is 1. The number of nitrogens with zero attached hydrogens (tertiary/aromatic N) is 2. The molecule has 0 spiro atoms. The molecule has 0 atom stereocenters. The molecule has 3 aromatic carbocycles. The summed E-state index contributed by atoms with van der Waals surface area (Å²) in [6.07, 6.45) is 3.43. The molecule has 4 nitrogen and oxygen atoms in total. The average Bonchev–Trinajstić information content (AvgIpc) is 2.75. The van der Waals surface area contributed by atoms with Gasteiger partial charge in [0.2, 0.25) is 0 Å². The van der Waals surface area contributed by atoms with Gasteiger partial charge in [0.05, 0.1) is 5.56 Å². The highest BCUT2D eigenvalue weighted by molar-refractivity contribution is 6.10. The van der Waals surface area contributed by atoms with E-state index in [4.69, 9.17) is 4.74 Å². The zero-order valence-electron chi connectivity index (χ0n) is 15.4. The van der Waals surface area contributed by atoms with Gasteiger partial charge in [0.25, 0.3) is 0 Å². The minimum absolute atomic E-state index is 0.104. The van der Waals surface area contributed by atoms with Crippen molar-refractivity contribution in [2.24, 2.45) is 0 Å². The molecule has 0 bridgehead atoms. The second kappa shape index (κ2) is 7.84. The van der Waals surface area contributed by atoms with Crippen LogP contribution in [0.25, 0.3) is 11.1 Å². The molecule has 0 saturated heterocycles. The summed E-state index contributed by atoms with van der Waals surface area (Å²) in [5, 5.41) is 0. The fourth-order valence-corrected chi connectivity index (χ4v) is 2.85. The zero-order chi connectivity index (χ0) is 19.3. The Labute approximate surface area is 163 Å². The van der Waals surface area contributed by atoms with Crippen LogP contribution in [-0.4, -0.2) is 15.8 Å². The van der Waals surface area contributed by atoms with Crippen molar-refractivity contribution < 1.29 is 9.53 Å². The zero-order valence-corrected chi connectivity index (χ0v) is 15.4. The fourth-order valence-electron chi connectivity index (χ4n) is 2.85. The summed E-state index contributed by atoms with van der Waals surface area (Å²) in [5.74, 6) is 0.326. The lowest BCUT2D eigenvalue weighted by atomic mass is 10.0. The first-order chi connectivity index (χ1) is 13.7. The standard InChI is InChI=1S/C24H18N2O2/c1-17-11-13-18(14-12-17)20-15-25-24(26-16-20)28-22-10-6-5-9-21(22)23(27)19-7-3-2-4-8-19/h2-16H,1H3. The molecule has 0 aliphatic carbocycles. The van der Waals surface area contributed by atoms with Crippen LogP contribution < -0.4 is 4.74 Å². The molecule has 0 fully saturated rings. The van der Waals surface area contributed by atoms with Gasteiger partial charge in [-0.25, -0.2) is 9.97 Å². The van der Waals surface area contributed by atoms with Gasteiger partial charge in [-0.15, -0.1) is 0 Å². The van der Waals surface area contributed by atoms with Gasteiger partial charge in [0.1, 0.15) is 5.75 Å². The highest BCUT2D eigenvalue weighted by atomic mass is 16.5. The lowest BCUT2D eigenvalue weighted by Gasteiger charge is -2.09. The van der Waals surface area contributed by atoms with Crippen LogP contribution in [0.2, 0.25) is 0 Å². The van der Waals surface area contributed by atoms with Crippen molar-refractivity contribution in [3.05, 3.63) is 108 Å². The van der Waals surface area contributed by atoms with E-state index in [-0.39, 0.29) is 11.8 Å². The van der Waals surface area contributed by atoms with E-state index < -0.39 is 0 Å². The first kappa shape index (κ1) is 17.6. The average molecular weight is 366 g/mol. The van der Waals surface area contributed by atoms with Crippen molar-refractivity contribution in [1.29, 1.82) is 0 Å². The van der Waals surface area contributed by atoms with Crippen molar-refractivity contribution in [2.45, 2.75) is 6.92 Å². The smallest absolute Gasteiger partial charge is 0.321 e. The molecular weight excluding hydrogens is 348 g/mol. The Hall–Kier alpha value is -3.79. The predicted octanol–water partition coefficient (Wildman–Crippen LogP) is 5.48. The normalized spacial score (nSPS) is 10.5. The molecule has 0 radical (unpaired) electrons. The second-order valence-corrected chi connectivity index (χ2v) is 6.41. The van der Waals surface area contributed by atoms with Gasteiger partial charge < -0.3 is 4.74 Å². The topological polar surface area (TPSA) is 52.1 Å². The maximum Gasteiger partial charge on any atom is 0.321 e. The largest absolute Gasteiger partial charge is 0.424 e. The minimum atomic E-state index is -0.104. The summed E-state index contributed by atoms with van der Waals surface area (Å²) in [7, 11) is 0. The number of benzene rings is 3. The van der Waals surface area contributed by atoms with Gasteiger partial charge in [-0.1, -0.05) is 72.3 Å². The number of aromatic nitrogens is 2. The molecule has 0 aliphatic heterocycles.